The van der Waals surface area contributed by atoms with Crippen molar-refractivity contribution in [3.63, 3.8) is 0 Å². The molecular formula is C29H32Cl2N2O2S. The average molecular weight is 544 g/mol. The number of aryl methyl sites for hydroxylation is 1. The number of carbonyl (C=O) groups is 2. The van der Waals surface area contributed by atoms with Crippen molar-refractivity contribution >= 4 is 46.8 Å². The van der Waals surface area contributed by atoms with E-state index < -0.39 is 6.04 Å². The molecule has 0 fully saturated rings. The van der Waals surface area contributed by atoms with E-state index in [4.69, 9.17) is 23.2 Å². The van der Waals surface area contributed by atoms with Gasteiger partial charge in [0.1, 0.15) is 6.04 Å². The molecule has 0 radical (unpaired) electrons. The summed E-state index contributed by atoms with van der Waals surface area (Å²) < 4.78 is 0. The monoisotopic (exact) mass is 542 g/mol. The average Bonchev–Trinajstić information content (AvgIpc) is 2.87. The Labute approximate surface area is 228 Å². The molecule has 0 aliphatic rings. The number of halogens is 2. The zero-order chi connectivity index (χ0) is 25.9. The third kappa shape index (κ3) is 8.29. The van der Waals surface area contributed by atoms with E-state index in [-0.39, 0.29) is 17.6 Å². The van der Waals surface area contributed by atoms with Crippen LogP contribution in [0.4, 0.5) is 0 Å². The minimum atomic E-state index is -0.620. The molecule has 0 bridgehead atoms. The molecule has 3 aromatic rings. The predicted octanol–water partition coefficient (Wildman–Crippen LogP) is 6.70. The van der Waals surface area contributed by atoms with Crippen molar-refractivity contribution in [2.75, 3.05) is 12.3 Å². The van der Waals surface area contributed by atoms with E-state index in [9.17, 15) is 9.59 Å². The van der Waals surface area contributed by atoms with Gasteiger partial charge in [0.2, 0.25) is 11.8 Å². The molecule has 0 aromatic heterocycles. The summed E-state index contributed by atoms with van der Waals surface area (Å²) in [5.41, 5.74) is 4.05. The van der Waals surface area contributed by atoms with Crippen LogP contribution >= 0.6 is 35.0 Å². The molecule has 3 aromatic carbocycles. The number of hydrogen-bond donors (Lipinski definition) is 1. The normalized spacial score (nSPS) is 11.7. The van der Waals surface area contributed by atoms with Crippen LogP contribution in [0, 0.1) is 6.92 Å². The Kier molecular flexibility index (Phi) is 11.2. The Bertz CT molecular complexity index is 1160. The molecule has 7 heteroatoms. The highest BCUT2D eigenvalue weighted by molar-refractivity contribution is 7.99. The van der Waals surface area contributed by atoms with Gasteiger partial charge in [-0.1, -0.05) is 90.8 Å². The maximum atomic E-state index is 13.7. The SMILES string of the molecule is CCCNC(=O)[C@H](Cc1ccccc1)N(Cc1ccccc1C)C(=O)CSCc1ccc(Cl)cc1Cl. The number of thioether (sulfide) groups is 1. The van der Waals surface area contributed by atoms with Gasteiger partial charge in [0.15, 0.2) is 0 Å². The van der Waals surface area contributed by atoms with Crippen molar-refractivity contribution in [2.24, 2.45) is 0 Å². The highest BCUT2D eigenvalue weighted by atomic mass is 35.5. The summed E-state index contributed by atoms with van der Waals surface area (Å²) in [6.07, 6.45) is 1.27. The molecule has 0 unspecified atom stereocenters. The van der Waals surface area contributed by atoms with Gasteiger partial charge in [-0.25, -0.2) is 0 Å². The molecule has 2 amide bonds. The van der Waals surface area contributed by atoms with Crippen molar-refractivity contribution in [1.82, 2.24) is 10.2 Å². The smallest absolute Gasteiger partial charge is 0.243 e. The standard InChI is InChI=1S/C29H32Cl2N2O2S/c1-3-15-32-29(35)27(16-22-10-5-4-6-11-22)33(18-23-12-8-7-9-21(23)2)28(34)20-36-19-24-13-14-25(30)17-26(24)31/h4-14,17,27H,3,15-16,18-20H2,1-2H3,(H,32,35)/t27-/m0/s1. The van der Waals surface area contributed by atoms with Crippen molar-refractivity contribution in [2.45, 2.75) is 45.0 Å². The maximum absolute atomic E-state index is 13.7. The Morgan fingerprint density at radius 1 is 0.972 bits per heavy atom. The predicted molar refractivity (Wildman–Crippen MR) is 152 cm³/mol. The Morgan fingerprint density at radius 2 is 1.69 bits per heavy atom. The molecule has 0 saturated heterocycles. The molecule has 1 atom stereocenters. The van der Waals surface area contributed by atoms with Gasteiger partial charge in [-0.2, -0.15) is 0 Å². The van der Waals surface area contributed by atoms with Crippen molar-refractivity contribution in [1.29, 1.82) is 0 Å². The van der Waals surface area contributed by atoms with E-state index in [2.05, 4.69) is 5.32 Å². The lowest BCUT2D eigenvalue weighted by Gasteiger charge is -2.32. The highest BCUT2D eigenvalue weighted by Crippen LogP contribution is 2.25. The number of carbonyl (C=O) groups excluding carboxylic acids is 2. The molecule has 0 spiro atoms. The van der Waals surface area contributed by atoms with E-state index in [0.29, 0.717) is 35.3 Å². The number of amides is 2. The van der Waals surface area contributed by atoms with Crippen LogP contribution in [0.15, 0.2) is 72.8 Å². The second-order valence-electron chi connectivity index (χ2n) is 8.67. The molecule has 0 saturated carbocycles. The van der Waals surface area contributed by atoms with Gasteiger partial charge < -0.3 is 10.2 Å². The quantitative estimate of drug-likeness (QED) is 0.277. The number of rotatable bonds is 12. The molecule has 190 valence electrons. The number of nitrogens with one attached hydrogen (secondary N) is 1. The zero-order valence-corrected chi connectivity index (χ0v) is 23.0. The molecule has 36 heavy (non-hydrogen) atoms. The number of hydrogen-bond acceptors (Lipinski definition) is 3. The Balaban J connectivity index is 1.84. The Morgan fingerprint density at radius 3 is 2.39 bits per heavy atom. The topological polar surface area (TPSA) is 49.4 Å². The summed E-state index contributed by atoms with van der Waals surface area (Å²) in [4.78, 5) is 28.8. The van der Waals surface area contributed by atoms with Crippen LogP contribution < -0.4 is 5.32 Å². The van der Waals surface area contributed by atoms with Crippen LogP contribution in [0.25, 0.3) is 0 Å². The molecular weight excluding hydrogens is 511 g/mol. The fourth-order valence-electron chi connectivity index (χ4n) is 3.86. The van der Waals surface area contributed by atoms with Gasteiger partial charge in [0, 0.05) is 35.3 Å². The largest absolute Gasteiger partial charge is 0.354 e. The first-order chi connectivity index (χ1) is 17.4. The minimum Gasteiger partial charge on any atom is -0.354 e. The lowest BCUT2D eigenvalue weighted by atomic mass is 10.0. The van der Waals surface area contributed by atoms with Crippen molar-refractivity contribution < 1.29 is 9.59 Å². The number of nitrogens with zero attached hydrogens (tertiary/aromatic N) is 1. The van der Waals surface area contributed by atoms with Gasteiger partial charge >= 0.3 is 0 Å². The van der Waals surface area contributed by atoms with E-state index in [1.54, 1.807) is 17.0 Å². The van der Waals surface area contributed by atoms with Crippen LogP contribution in [-0.2, 0) is 28.3 Å². The fourth-order valence-corrected chi connectivity index (χ4v) is 5.33. The van der Waals surface area contributed by atoms with Gasteiger partial charge in [-0.15, -0.1) is 11.8 Å². The summed E-state index contributed by atoms with van der Waals surface area (Å²) in [6.45, 7) is 4.98. The van der Waals surface area contributed by atoms with E-state index in [1.165, 1.54) is 11.8 Å². The van der Waals surface area contributed by atoms with Crippen LogP contribution in [0.1, 0.15) is 35.6 Å². The Hall–Kier alpha value is -2.47. The zero-order valence-electron chi connectivity index (χ0n) is 20.7. The van der Waals surface area contributed by atoms with Crippen LogP contribution in [0.2, 0.25) is 10.0 Å². The summed E-state index contributed by atoms with van der Waals surface area (Å²) in [7, 11) is 0. The summed E-state index contributed by atoms with van der Waals surface area (Å²) >= 11 is 13.8. The summed E-state index contributed by atoms with van der Waals surface area (Å²) in [5, 5.41) is 4.18. The molecule has 4 nitrogen and oxygen atoms in total. The van der Waals surface area contributed by atoms with Crippen LogP contribution in [0.3, 0.4) is 0 Å². The maximum Gasteiger partial charge on any atom is 0.243 e. The first-order valence-corrected chi connectivity index (χ1v) is 14.0. The van der Waals surface area contributed by atoms with Gasteiger partial charge in [0.05, 0.1) is 5.75 Å². The van der Waals surface area contributed by atoms with Crippen LogP contribution in [0.5, 0.6) is 0 Å². The van der Waals surface area contributed by atoms with Gasteiger partial charge in [-0.05, 0) is 47.7 Å². The third-order valence-electron chi connectivity index (χ3n) is 5.92. The third-order valence-corrected chi connectivity index (χ3v) is 7.47. The van der Waals surface area contributed by atoms with Crippen molar-refractivity contribution in [3.05, 3.63) is 105 Å². The van der Waals surface area contributed by atoms with Gasteiger partial charge in [0.25, 0.3) is 0 Å². The highest BCUT2D eigenvalue weighted by Gasteiger charge is 2.30. The summed E-state index contributed by atoms with van der Waals surface area (Å²) in [6, 6.07) is 22.6. The molecule has 1 N–H and O–H groups in total. The van der Waals surface area contributed by atoms with Gasteiger partial charge in [-0.3, -0.25) is 9.59 Å². The second-order valence-corrected chi connectivity index (χ2v) is 10.5. The first kappa shape index (κ1) is 28.1. The van der Waals surface area contributed by atoms with E-state index >= 15 is 0 Å². The molecule has 0 aliphatic carbocycles. The molecule has 3 rings (SSSR count). The second kappa shape index (κ2) is 14.3. The van der Waals surface area contributed by atoms with E-state index in [0.717, 1.165) is 28.7 Å². The minimum absolute atomic E-state index is 0.0825. The first-order valence-electron chi connectivity index (χ1n) is 12.1. The van der Waals surface area contributed by atoms with E-state index in [1.807, 2.05) is 74.5 Å². The fraction of sp³-hybridized carbons (Fsp3) is 0.310. The molecule has 0 heterocycles. The lowest BCUT2D eigenvalue weighted by molar-refractivity contribution is -0.139. The van der Waals surface area contributed by atoms with Crippen LogP contribution in [-0.4, -0.2) is 35.1 Å². The molecule has 0 aliphatic heterocycles. The van der Waals surface area contributed by atoms with Crippen molar-refractivity contribution in [3.8, 4) is 0 Å². The number of benzene rings is 3. The summed E-state index contributed by atoms with van der Waals surface area (Å²) in [5.74, 6) is 0.594. The lowest BCUT2D eigenvalue weighted by Crippen LogP contribution is -2.51.